The minimum atomic E-state index is -0.252. The highest BCUT2D eigenvalue weighted by Crippen LogP contribution is 2.19. The number of nitrogens with zero attached hydrogens (tertiary/aromatic N) is 2. The molecule has 2 aromatic rings. The Morgan fingerprint density at radius 2 is 1.96 bits per heavy atom. The number of carbonyl (C=O) groups excluding carboxylic acids is 1. The van der Waals surface area contributed by atoms with Gasteiger partial charge in [0.1, 0.15) is 5.84 Å². The Labute approximate surface area is 135 Å². The molecule has 1 aromatic carbocycles. The molecule has 6 heteroatoms. The number of hydrogen-bond acceptors (Lipinski definition) is 3. The molecule has 0 radical (unpaired) electrons. The molecule has 23 heavy (non-hydrogen) atoms. The number of imidazole rings is 1. The first-order valence-corrected chi connectivity index (χ1v) is 7.57. The van der Waals surface area contributed by atoms with Gasteiger partial charge in [-0.2, -0.15) is 4.99 Å². The summed E-state index contributed by atoms with van der Waals surface area (Å²) in [6.07, 6.45) is 1.81. The van der Waals surface area contributed by atoms with Crippen LogP contribution in [0.1, 0.15) is 37.2 Å². The second-order valence-electron chi connectivity index (χ2n) is 6.17. The van der Waals surface area contributed by atoms with Crippen LogP contribution in [0.15, 0.2) is 23.2 Å². The minimum Gasteiger partial charge on any atom is -0.396 e. The molecule has 2 rings (SSSR count). The summed E-state index contributed by atoms with van der Waals surface area (Å²) in [7, 11) is 0. The van der Waals surface area contributed by atoms with Crippen LogP contribution in [-0.2, 0) is 4.79 Å². The van der Waals surface area contributed by atoms with E-state index in [0.29, 0.717) is 17.9 Å². The Bertz CT molecular complexity index is 760. The minimum absolute atomic E-state index is 0.0842. The molecule has 0 fully saturated rings. The third-order valence-electron chi connectivity index (χ3n) is 3.51. The Kier molecular flexibility index (Phi) is 4.83. The monoisotopic (exact) mass is 313 g/mol. The molecular weight excluding hydrogens is 290 g/mol. The van der Waals surface area contributed by atoms with Gasteiger partial charge in [0, 0.05) is 12.5 Å². The van der Waals surface area contributed by atoms with E-state index in [1.807, 2.05) is 39.8 Å². The van der Waals surface area contributed by atoms with E-state index >= 15 is 0 Å². The topological polar surface area (TPSA) is 110 Å². The van der Waals surface area contributed by atoms with Crippen molar-refractivity contribution >= 4 is 28.5 Å². The van der Waals surface area contributed by atoms with E-state index in [0.717, 1.165) is 11.0 Å². The molecule has 0 spiro atoms. The molecule has 6 nitrogen and oxygen atoms in total. The number of hydrogen-bond donors (Lipinski definition) is 3. The van der Waals surface area contributed by atoms with Gasteiger partial charge in [-0.1, -0.05) is 13.8 Å². The van der Waals surface area contributed by atoms with Crippen LogP contribution >= 0.6 is 0 Å². The van der Waals surface area contributed by atoms with Crippen LogP contribution in [0.5, 0.6) is 0 Å². The molecule has 1 heterocycles. The van der Waals surface area contributed by atoms with Crippen molar-refractivity contribution in [1.82, 2.24) is 9.97 Å². The summed E-state index contributed by atoms with van der Waals surface area (Å²) < 4.78 is 0. The molecule has 0 saturated carbocycles. The third kappa shape index (κ3) is 4.18. The first-order valence-electron chi connectivity index (χ1n) is 7.57. The molecule has 0 aliphatic heterocycles. The fourth-order valence-electron chi connectivity index (χ4n) is 2.21. The summed E-state index contributed by atoms with van der Waals surface area (Å²) >= 11 is 0. The van der Waals surface area contributed by atoms with E-state index in [2.05, 4.69) is 15.0 Å². The number of aliphatic imine (C=N–C) groups is 1. The maximum absolute atomic E-state index is 11.6. The van der Waals surface area contributed by atoms with Crippen molar-refractivity contribution in [2.75, 3.05) is 0 Å². The highest BCUT2D eigenvalue weighted by atomic mass is 16.1. The molecule has 0 saturated heterocycles. The second-order valence-corrected chi connectivity index (χ2v) is 6.17. The van der Waals surface area contributed by atoms with Crippen LogP contribution in [0.2, 0.25) is 0 Å². The lowest BCUT2D eigenvalue weighted by Crippen LogP contribution is -2.14. The number of nitrogens with two attached hydrogens (primary N) is 2. The van der Waals surface area contributed by atoms with Gasteiger partial charge in [-0.05, 0) is 43.0 Å². The van der Waals surface area contributed by atoms with Gasteiger partial charge in [-0.3, -0.25) is 4.79 Å². The van der Waals surface area contributed by atoms with Gasteiger partial charge < -0.3 is 16.5 Å². The summed E-state index contributed by atoms with van der Waals surface area (Å²) in [6.45, 7) is 7.98. The van der Waals surface area contributed by atoms with E-state index in [1.165, 1.54) is 17.2 Å². The maximum Gasteiger partial charge on any atom is 0.247 e. The first kappa shape index (κ1) is 16.7. The van der Waals surface area contributed by atoms with Gasteiger partial charge in [0.05, 0.1) is 16.7 Å². The Balaban J connectivity index is 2.27. The zero-order valence-corrected chi connectivity index (χ0v) is 14.0. The van der Waals surface area contributed by atoms with E-state index in [-0.39, 0.29) is 17.7 Å². The molecule has 122 valence electrons. The zero-order chi connectivity index (χ0) is 17.1. The number of aromatic amines is 1. The summed E-state index contributed by atoms with van der Waals surface area (Å²) in [5, 5.41) is 0. The van der Waals surface area contributed by atoms with Gasteiger partial charge in [-0.15, -0.1) is 0 Å². The SMILES string of the molecule is Cc1cc2nc(/C(N)=C/C(N)=NC(=O)CC(C)C)[nH]c2cc1C. The molecule has 0 aliphatic rings. The van der Waals surface area contributed by atoms with Crippen molar-refractivity contribution < 1.29 is 4.79 Å². The van der Waals surface area contributed by atoms with Gasteiger partial charge in [0.2, 0.25) is 5.91 Å². The van der Waals surface area contributed by atoms with Crippen molar-refractivity contribution in [2.45, 2.75) is 34.1 Å². The lowest BCUT2D eigenvalue weighted by molar-refractivity contribution is -0.118. The lowest BCUT2D eigenvalue weighted by Gasteiger charge is -2.00. The summed E-state index contributed by atoms with van der Waals surface area (Å²) in [5.74, 6) is 0.583. The number of aromatic nitrogens is 2. The number of amides is 1. The highest BCUT2D eigenvalue weighted by Gasteiger charge is 2.08. The largest absolute Gasteiger partial charge is 0.396 e. The van der Waals surface area contributed by atoms with Gasteiger partial charge in [-0.25, -0.2) is 4.98 Å². The number of carbonyl (C=O) groups is 1. The second kappa shape index (κ2) is 6.64. The fourth-order valence-corrected chi connectivity index (χ4v) is 2.21. The average molecular weight is 313 g/mol. The predicted molar refractivity (Wildman–Crippen MR) is 93.8 cm³/mol. The molecule has 5 N–H and O–H groups in total. The molecule has 1 aromatic heterocycles. The number of fused-ring (bicyclic) bond motifs is 1. The summed E-state index contributed by atoms with van der Waals surface area (Å²) in [4.78, 5) is 23.1. The Hall–Kier alpha value is -2.63. The molecule has 0 atom stereocenters. The Morgan fingerprint density at radius 1 is 1.30 bits per heavy atom. The summed E-state index contributed by atoms with van der Waals surface area (Å²) in [6, 6.07) is 4.03. The normalized spacial score (nSPS) is 13.1. The third-order valence-corrected chi connectivity index (χ3v) is 3.51. The number of aryl methyl sites for hydroxylation is 2. The quantitative estimate of drug-likeness (QED) is 0.594. The van der Waals surface area contributed by atoms with E-state index in [9.17, 15) is 4.79 Å². The molecule has 1 amide bonds. The van der Waals surface area contributed by atoms with Crippen LogP contribution in [0.4, 0.5) is 0 Å². The number of benzene rings is 1. The van der Waals surface area contributed by atoms with Gasteiger partial charge in [0.25, 0.3) is 0 Å². The van der Waals surface area contributed by atoms with Crippen molar-refractivity contribution in [3.8, 4) is 0 Å². The molecule has 0 bridgehead atoms. The van der Waals surface area contributed by atoms with Crippen LogP contribution in [0, 0.1) is 19.8 Å². The summed E-state index contributed by atoms with van der Waals surface area (Å²) in [5.41, 5.74) is 16.2. The van der Waals surface area contributed by atoms with Crippen molar-refractivity contribution in [3.63, 3.8) is 0 Å². The van der Waals surface area contributed by atoms with E-state index in [4.69, 9.17) is 11.5 Å². The predicted octanol–water partition coefficient (Wildman–Crippen LogP) is 2.41. The molecular formula is C17H23N5O. The highest BCUT2D eigenvalue weighted by molar-refractivity contribution is 6.03. The Morgan fingerprint density at radius 3 is 2.61 bits per heavy atom. The lowest BCUT2D eigenvalue weighted by atomic mass is 10.1. The number of nitrogens with one attached hydrogen (secondary N) is 1. The van der Waals surface area contributed by atoms with E-state index < -0.39 is 0 Å². The maximum atomic E-state index is 11.6. The fraction of sp³-hybridized carbons (Fsp3) is 0.353. The van der Waals surface area contributed by atoms with Gasteiger partial charge in [0.15, 0.2) is 5.82 Å². The zero-order valence-electron chi connectivity index (χ0n) is 14.0. The number of rotatable bonds is 4. The smallest absolute Gasteiger partial charge is 0.247 e. The first-order chi connectivity index (χ1) is 10.8. The van der Waals surface area contributed by atoms with Gasteiger partial charge >= 0.3 is 0 Å². The molecule has 0 unspecified atom stereocenters. The van der Waals surface area contributed by atoms with E-state index in [1.54, 1.807) is 0 Å². The number of H-pyrrole nitrogens is 1. The van der Waals surface area contributed by atoms with Crippen molar-refractivity contribution in [1.29, 1.82) is 0 Å². The standard InChI is InChI=1S/C17H23N5O/c1-9(2)5-16(23)22-15(19)8-12(18)17-20-13-6-10(3)11(4)7-14(13)21-17/h6-9H,5,18H2,1-4H3,(H,20,21)(H2,19,22,23)/b12-8-. The van der Waals surface area contributed by atoms with Crippen LogP contribution < -0.4 is 11.5 Å². The van der Waals surface area contributed by atoms with Crippen molar-refractivity contribution in [3.05, 3.63) is 35.2 Å². The number of amidine groups is 1. The molecule has 0 aliphatic carbocycles. The van der Waals surface area contributed by atoms with Crippen LogP contribution in [0.25, 0.3) is 16.7 Å². The van der Waals surface area contributed by atoms with Crippen LogP contribution in [0.3, 0.4) is 0 Å². The average Bonchev–Trinajstić information content (AvgIpc) is 2.80. The van der Waals surface area contributed by atoms with Crippen molar-refractivity contribution in [2.24, 2.45) is 22.4 Å². The van der Waals surface area contributed by atoms with Crippen LogP contribution in [-0.4, -0.2) is 21.7 Å².